The fraction of sp³-hybridized carbons (Fsp3) is 0.500. The molecule has 0 bridgehead atoms. The Kier molecular flexibility index (Phi) is 3.24. The highest BCUT2D eigenvalue weighted by Gasteiger charge is 2.48. The minimum Gasteiger partial charge on any atom is -0.340 e. The quantitative estimate of drug-likeness (QED) is 0.895. The van der Waals surface area contributed by atoms with Gasteiger partial charge in [-0.2, -0.15) is 0 Å². The van der Waals surface area contributed by atoms with Crippen LogP contribution >= 0.6 is 0 Å². The van der Waals surface area contributed by atoms with Gasteiger partial charge >= 0.3 is 0 Å². The van der Waals surface area contributed by atoms with Gasteiger partial charge in [-0.25, -0.2) is 0 Å². The molecule has 1 N–H and O–H groups in total. The molecule has 0 aromatic heterocycles. The Morgan fingerprint density at radius 3 is 2.70 bits per heavy atom. The van der Waals surface area contributed by atoms with Crippen LogP contribution in [0.25, 0.3) is 0 Å². The highest BCUT2D eigenvalue weighted by Crippen LogP contribution is 2.35. The number of piperazine rings is 1. The zero-order chi connectivity index (χ0) is 14.2. The maximum Gasteiger partial charge on any atom is 0.253 e. The summed E-state index contributed by atoms with van der Waals surface area (Å²) in [5, 5.41) is 2.94. The molecule has 1 aromatic rings. The van der Waals surface area contributed by atoms with E-state index < -0.39 is 5.54 Å². The van der Waals surface area contributed by atoms with E-state index in [0.29, 0.717) is 0 Å². The third-order valence-electron chi connectivity index (χ3n) is 4.42. The Labute approximate surface area is 119 Å². The van der Waals surface area contributed by atoms with E-state index in [1.165, 1.54) is 5.56 Å². The molecule has 2 amide bonds. The van der Waals surface area contributed by atoms with E-state index in [1.807, 2.05) is 24.3 Å². The van der Waals surface area contributed by atoms with Gasteiger partial charge < -0.3 is 10.2 Å². The van der Waals surface area contributed by atoms with Crippen molar-refractivity contribution in [2.24, 2.45) is 0 Å². The predicted octanol–water partition coefficient (Wildman–Crippen LogP) is 2.02. The van der Waals surface area contributed by atoms with Gasteiger partial charge in [0.15, 0.2) is 0 Å². The molecule has 4 nitrogen and oxygen atoms in total. The summed E-state index contributed by atoms with van der Waals surface area (Å²) in [5.74, 6) is 0.0104. The Balaban J connectivity index is 1.95. The molecule has 3 rings (SSSR count). The number of aryl methyl sites for hydroxylation is 1. The Morgan fingerprint density at radius 1 is 1.25 bits per heavy atom. The molecule has 1 saturated carbocycles. The monoisotopic (exact) mass is 272 g/mol. The topological polar surface area (TPSA) is 49.4 Å². The van der Waals surface area contributed by atoms with Crippen LogP contribution in [0.5, 0.6) is 0 Å². The van der Waals surface area contributed by atoms with E-state index in [-0.39, 0.29) is 18.4 Å². The van der Waals surface area contributed by atoms with Gasteiger partial charge in [0.2, 0.25) is 5.91 Å². The lowest BCUT2D eigenvalue weighted by Gasteiger charge is -2.39. The second-order valence-corrected chi connectivity index (χ2v) is 5.75. The van der Waals surface area contributed by atoms with Gasteiger partial charge in [-0.3, -0.25) is 9.59 Å². The van der Waals surface area contributed by atoms with Crippen LogP contribution in [-0.4, -0.2) is 23.9 Å². The molecule has 1 aromatic carbocycles. The van der Waals surface area contributed by atoms with Gasteiger partial charge in [0.25, 0.3) is 5.91 Å². The number of benzene rings is 1. The first-order valence-corrected chi connectivity index (χ1v) is 7.36. The zero-order valence-corrected chi connectivity index (χ0v) is 11.8. The number of carbonyl (C=O) groups is 2. The molecule has 1 spiro atoms. The van der Waals surface area contributed by atoms with Crippen molar-refractivity contribution in [2.75, 3.05) is 11.4 Å². The lowest BCUT2D eigenvalue weighted by atomic mass is 9.92. The molecule has 0 atom stereocenters. The largest absolute Gasteiger partial charge is 0.340 e. The van der Waals surface area contributed by atoms with Crippen molar-refractivity contribution < 1.29 is 9.59 Å². The van der Waals surface area contributed by atoms with Crippen LogP contribution < -0.4 is 10.2 Å². The molecule has 1 heterocycles. The fourth-order valence-corrected chi connectivity index (χ4v) is 3.30. The number of nitrogens with one attached hydrogen (secondary N) is 1. The Bertz CT molecular complexity index is 547. The molecule has 4 heteroatoms. The van der Waals surface area contributed by atoms with Crippen LogP contribution in [-0.2, 0) is 16.0 Å². The second-order valence-electron chi connectivity index (χ2n) is 5.75. The average Bonchev–Trinajstić information content (AvgIpc) is 2.92. The number of carbonyl (C=O) groups excluding carboxylic acids is 2. The van der Waals surface area contributed by atoms with Gasteiger partial charge in [0.1, 0.15) is 12.1 Å². The zero-order valence-electron chi connectivity index (χ0n) is 11.8. The van der Waals surface area contributed by atoms with Crippen LogP contribution in [0, 0.1) is 0 Å². The van der Waals surface area contributed by atoms with E-state index in [2.05, 4.69) is 12.2 Å². The number of nitrogens with zero attached hydrogens (tertiary/aromatic N) is 1. The van der Waals surface area contributed by atoms with E-state index in [4.69, 9.17) is 0 Å². The van der Waals surface area contributed by atoms with Crippen molar-refractivity contribution in [1.82, 2.24) is 5.32 Å². The molecule has 106 valence electrons. The first-order valence-electron chi connectivity index (χ1n) is 7.36. The van der Waals surface area contributed by atoms with Gasteiger partial charge in [-0.15, -0.1) is 0 Å². The Morgan fingerprint density at radius 2 is 2.00 bits per heavy atom. The summed E-state index contributed by atoms with van der Waals surface area (Å²) in [4.78, 5) is 26.5. The maximum absolute atomic E-state index is 12.8. The van der Waals surface area contributed by atoms with Crippen LogP contribution in [0.1, 0.15) is 38.2 Å². The van der Waals surface area contributed by atoms with Crippen molar-refractivity contribution in [3.05, 3.63) is 29.8 Å². The van der Waals surface area contributed by atoms with Gasteiger partial charge in [-0.1, -0.05) is 31.9 Å². The van der Waals surface area contributed by atoms with Crippen LogP contribution in [0.4, 0.5) is 5.69 Å². The molecule has 1 saturated heterocycles. The SMILES string of the molecule is CCc1cccc(N2CC(=O)NC3(CCCC3)C2=O)c1. The number of amides is 2. The minimum atomic E-state index is -0.641. The van der Waals surface area contributed by atoms with Crippen LogP contribution in [0.15, 0.2) is 24.3 Å². The molecule has 2 aliphatic rings. The summed E-state index contributed by atoms with van der Waals surface area (Å²) in [7, 11) is 0. The maximum atomic E-state index is 12.8. The summed E-state index contributed by atoms with van der Waals surface area (Å²) in [6.45, 7) is 2.22. The molecule has 1 aliphatic heterocycles. The molecule has 2 fully saturated rings. The summed E-state index contributed by atoms with van der Waals surface area (Å²) >= 11 is 0. The smallest absolute Gasteiger partial charge is 0.253 e. The fourth-order valence-electron chi connectivity index (χ4n) is 3.30. The molecular formula is C16H20N2O2. The third kappa shape index (κ3) is 2.09. The van der Waals surface area contributed by atoms with E-state index in [9.17, 15) is 9.59 Å². The molecular weight excluding hydrogens is 252 g/mol. The third-order valence-corrected chi connectivity index (χ3v) is 4.42. The molecule has 1 aliphatic carbocycles. The first-order chi connectivity index (χ1) is 9.64. The number of hydrogen-bond acceptors (Lipinski definition) is 2. The minimum absolute atomic E-state index is 0.0478. The lowest BCUT2D eigenvalue weighted by molar-refractivity contribution is -0.135. The normalized spacial score (nSPS) is 21.4. The second kappa shape index (κ2) is 4.93. The van der Waals surface area contributed by atoms with E-state index in [0.717, 1.165) is 37.8 Å². The van der Waals surface area contributed by atoms with Crippen molar-refractivity contribution >= 4 is 17.5 Å². The first kappa shape index (κ1) is 13.2. The van der Waals surface area contributed by atoms with E-state index >= 15 is 0 Å². The summed E-state index contributed by atoms with van der Waals surface area (Å²) in [6, 6.07) is 7.93. The highest BCUT2D eigenvalue weighted by molar-refractivity contribution is 6.09. The lowest BCUT2D eigenvalue weighted by Crippen LogP contribution is -2.65. The number of anilines is 1. The number of hydrogen-bond donors (Lipinski definition) is 1. The number of rotatable bonds is 2. The Hall–Kier alpha value is -1.84. The predicted molar refractivity (Wildman–Crippen MR) is 77.5 cm³/mol. The molecule has 20 heavy (non-hydrogen) atoms. The van der Waals surface area contributed by atoms with Crippen molar-refractivity contribution in [1.29, 1.82) is 0 Å². The van der Waals surface area contributed by atoms with Crippen molar-refractivity contribution in [3.63, 3.8) is 0 Å². The van der Waals surface area contributed by atoms with Crippen molar-refractivity contribution in [2.45, 2.75) is 44.6 Å². The average molecular weight is 272 g/mol. The van der Waals surface area contributed by atoms with E-state index in [1.54, 1.807) is 4.90 Å². The summed E-state index contributed by atoms with van der Waals surface area (Å²) in [6.07, 6.45) is 4.47. The standard InChI is InChI=1S/C16H20N2O2/c1-2-12-6-5-7-13(10-12)18-11-14(19)17-16(15(18)20)8-3-4-9-16/h5-7,10H,2-4,8-9,11H2,1H3,(H,17,19). The molecule has 0 unspecified atom stereocenters. The summed E-state index contributed by atoms with van der Waals surface area (Å²) < 4.78 is 0. The molecule has 0 radical (unpaired) electrons. The van der Waals surface area contributed by atoms with Gasteiger partial charge in [0, 0.05) is 5.69 Å². The van der Waals surface area contributed by atoms with Crippen LogP contribution in [0.3, 0.4) is 0 Å². The van der Waals surface area contributed by atoms with Crippen molar-refractivity contribution in [3.8, 4) is 0 Å². The van der Waals surface area contributed by atoms with Gasteiger partial charge in [-0.05, 0) is 37.0 Å². The summed E-state index contributed by atoms with van der Waals surface area (Å²) in [5.41, 5.74) is 1.38. The van der Waals surface area contributed by atoms with Gasteiger partial charge in [0.05, 0.1) is 0 Å². The highest BCUT2D eigenvalue weighted by atomic mass is 16.2. The van der Waals surface area contributed by atoms with Crippen LogP contribution in [0.2, 0.25) is 0 Å².